The minimum atomic E-state index is -0.124. The van der Waals surface area contributed by atoms with E-state index in [0.29, 0.717) is 31.2 Å². The van der Waals surface area contributed by atoms with Crippen molar-refractivity contribution in [1.29, 1.82) is 0 Å². The van der Waals surface area contributed by atoms with E-state index < -0.39 is 0 Å². The monoisotopic (exact) mass is 401 g/mol. The first-order valence-corrected chi connectivity index (χ1v) is 10.0. The van der Waals surface area contributed by atoms with Gasteiger partial charge < -0.3 is 25.2 Å². The molecule has 29 heavy (non-hydrogen) atoms. The highest BCUT2D eigenvalue weighted by atomic mass is 16.5. The maximum absolute atomic E-state index is 12.2. The SMILES string of the molecule is CCNC(=NCc1c(CC)noc1CC)NCCNC(=O)c1ccc(OC)cc1. The van der Waals surface area contributed by atoms with Crippen LogP contribution in [0.4, 0.5) is 0 Å². The summed E-state index contributed by atoms with van der Waals surface area (Å²) in [6, 6.07) is 7.01. The third kappa shape index (κ3) is 6.51. The number of nitrogens with zero attached hydrogens (tertiary/aromatic N) is 2. The fourth-order valence-corrected chi connectivity index (χ4v) is 2.82. The minimum absolute atomic E-state index is 0.124. The van der Waals surface area contributed by atoms with Gasteiger partial charge in [0.2, 0.25) is 0 Å². The number of aromatic nitrogens is 1. The average Bonchev–Trinajstić information content (AvgIpc) is 3.16. The molecule has 0 aliphatic rings. The standard InChI is InChI=1S/C21H31N5O3/c1-5-18-17(19(6-2)29-26-18)14-25-21(22-7-3)24-13-12-23-20(27)15-8-10-16(28-4)11-9-15/h8-11H,5-7,12-14H2,1-4H3,(H,23,27)(H2,22,24,25). The number of ether oxygens (including phenoxy) is 1. The largest absolute Gasteiger partial charge is 0.497 e. The van der Waals surface area contributed by atoms with Crippen LogP contribution in [0, 0.1) is 0 Å². The van der Waals surface area contributed by atoms with Gasteiger partial charge in [-0.2, -0.15) is 0 Å². The highest BCUT2D eigenvalue weighted by molar-refractivity contribution is 5.94. The summed E-state index contributed by atoms with van der Waals surface area (Å²) in [5, 5.41) is 13.5. The number of amides is 1. The molecule has 0 spiro atoms. The first kappa shape index (κ1) is 22.3. The van der Waals surface area contributed by atoms with Crippen molar-refractivity contribution in [3.05, 3.63) is 46.8 Å². The maximum Gasteiger partial charge on any atom is 0.251 e. The van der Waals surface area contributed by atoms with E-state index in [4.69, 9.17) is 9.26 Å². The molecule has 0 saturated carbocycles. The minimum Gasteiger partial charge on any atom is -0.497 e. The van der Waals surface area contributed by atoms with Crippen molar-refractivity contribution in [1.82, 2.24) is 21.1 Å². The Kier molecular flexibility index (Phi) is 9.01. The molecule has 0 atom stereocenters. The van der Waals surface area contributed by atoms with Gasteiger partial charge in [0.05, 0.1) is 19.3 Å². The molecule has 0 radical (unpaired) electrons. The van der Waals surface area contributed by atoms with Crippen LogP contribution in [0.1, 0.15) is 48.1 Å². The Morgan fingerprint density at radius 1 is 1.07 bits per heavy atom. The molecule has 8 heteroatoms. The lowest BCUT2D eigenvalue weighted by molar-refractivity contribution is 0.0954. The Hall–Kier alpha value is -3.03. The Morgan fingerprint density at radius 3 is 2.41 bits per heavy atom. The summed E-state index contributed by atoms with van der Waals surface area (Å²) in [6.45, 7) is 8.39. The van der Waals surface area contributed by atoms with E-state index in [1.165, 1.54) is 0 Å². The summed E-state index contributed by atoms with van der Waals surface area (Å²) < 4.78 is 10.5. The fraction of sp³-hybridized carbons (Fsp3) is 0.476. The van der Waals surface area contributed by atoms with Crippen LogP contribution in [0.15, 0.2) is 33.8 Å². The molecule has 1 aromatic heterocycles. The zero-order chi connectivity index (χ0) is 21.1. The second-order valence-electron chi connectivity index (χ2n) is 6.34. The van der Waals surface area contributed by atoms with Crippen molar-refractivity contribution in [2.24, 2.45) is 4.99 Å². The molecular weight excluding hydrogens is 370 g/mol. The summed E-state index contributed by atoms with van der Waals surface area (Å²) in [7, 11) is 1.60. The van der Waals surface area contributed by atoms with Crippen LogP contribution in [-0.2, 0) is 19.4 Å². The average molecular weight is 402 g/mol. The van der Waals surface area contributed by atoms with Gasteiger partial charge in [0, 0.05) is 37.2 Å². The van der Waals surface area contributed by atoms with Crippen molar-refractivity contribution in [3.8, 4) is 5.75 Å². The van der Waals surface area contributed by atoms with E-state index in [1.54, 1.807) is 31.4 Å². The van der Waals surface area contributed by atoms with Gasteiger partial charge in [-0.05, 0) is 37.6 Å². The summed E-state index contributed by atoms with van der Waals surface area (Å²) in [6.07, 6.45) is 1.61. The number of guanidine groups is 1. The lowest BCUT2D eigenvalue weighted by Gasteiger charge is -2.12. The number of aliphatic imine (C=N–C) groups is 1. The van der Waals surface area contributed by atoms with Crippen LogP contribution in [-0.4, -0.2) is 43.8 Å². The number of carbonyl (C=O) groups is 1. The third-order valence-electron chi connectivity index (χ3n) is 4.40. The number of nitrogens with one attached hydrogen (secondary N) is 3. The molecule has 0 aliphatic heterocycles. The molecule has 8 nitrogen and oxygen atoms in total. The molecule has 0 aliphatic carbocycles. The van der Waals surface area contributed by atoms with Crippen molar-refractivity contribution >= 4 is 11.9 Å². The van der Waals surface area contributed by atoms with E-state index in [1.807, 2.05) is 13.8 Å². The Balaban J connectivity index is 1.86. The van der Waals surface area contributed by atoms with Crippen LogP contribution < -0.4 is 20.7 Å². The molecule has 0 unspecified atom stereocenters. The molecule has 2 aromatic rings. The number of methoxy groups -OCH3 is 1. The van der Waals surface area contributed by atoms with Gasteiger partial charge in [0.25, 0.3) is 5.91 Å². The predicted molar refractivity (Wildman–Crippen MR) is 113 cm³/mol. The number of rotatable bonds is 10. The van der Waals surface area contributed by atoms with Crippen LogP contribution in [0.2, 0.25) is 0 Å². The summed E-state index contributed by atoms with van der Waals surface area (Å²) in [5.74, 6) is 2.17. The Labute approximate surface area is 172 Å². The van der Waals surface area contributed by atoms with E-state index in [-0.39, 0.29) is 5.91 Å². The predicted octanol–water partition coefficient (Wildman–Crippen LogP) is 2.29. The second-order valence-corrected chi connectivity index (χ2v) is 6.34. The molecule has 3 N–H and O–H groups in total. The molecule has 1 amide bonds. The number of hydrogen-bond donors (Lipinski definition) is 3. The van der Waals surface area contributed by atoms with Crippen LogP contribution in [0.3, 0.4) is 0 Å². The zero-order valence-corrected chi connectivity index (χ0v) is 17.7. The summed E-state index contributed by atoms with van der Waals surface area (Å²) in [4.78, 5) is 16.8. The summed E-state index contributed by atoms with van der Waals surface area (Å²) in [5.41, 5.74) is 2.60. The molecule has 0 fully saturated rings. The van der Waals surface area contributed by atoms with E-state index >= 15 is 0 Å². The fourth-order valence-electron chi connectivity index (χ4n) is 2.82. The van der Waals surface area contributed by atoms with Crippen LogP contribution in [0.5, 0.6) is 5.75 Å². The van der Waals surface area contributed by atoms with Gasteiger partial charge >= 0.3 is 0 Å². The molecule has 0 bridgehead atoms. The lowest BCUT2D eigenvalue weighted by Crippen LogP contribution is -2.41. The Bertz CT molecular complexity index is 778. The Morgan fingerprint density at radius 2 is 1.79 bits per heavy atom. The third-order valence-corrected chi connectivity index (χ3v) is 4.40. The first-order chi connectivity index (χ1) is 14.1. The van der Waals surface area contributed by atoms with Gasteiger partial charge in [-0.3, -0.25) is 4.79 Å². The van der Waals surface area contributed by atoms with E-state index in [2.05, 4.69) is 33.0 Å². The number of benzene rings is 1. The van der Waals surface area contributed by atoms with Gasteiger partial charge in [-0.15, -0.1) is 0 Å². The topological polar surface area (TPSA) is 101 Å². The highest BCUT2D eigenvalue weighted by Crippen LogP contribution is 2.16. The normalized spacial score (nSPS) is 11.2. The molecule has 1 heterocycles. The molecule has 2 rings (SSSR count). The van der Waals surface area contributed by atoms with Crippen molar-refractivity contribution in [2.45, 2.75) is 40.2 Å². The van der Waals surface area contributed by atoms with E-state index in [0.717, 1.165) is 42.2 Å². The van der Waals surface area contributed by atoms with Gasteiger partial charge in [-0.25, -0.2) is 4.99 Å². The molecule has 0 saturated heterocycles. The zero-order valence-electron chi connectivity index (χ0n) is 17.7. The van der Waals surface area contributed by atoms with Crippen molar-refractivity contribution in [3.63, 3.8) is 0 Å². The molecular formula is C21H31N5O3. The van der Waals surface area contributed by atoms with Gasteiger partial charge in [0.15, 0.2) is 5.96 Å². The second kappa shape index (κ2) is 11.7. The number of hydrogen-bond acceptors (Lipinski definition) is 5. The maximum atomic E-state index is 12.2. The lowest BCUT2D eigenvalue weighted by atomic mass is 10.1. The highest BCUT2D eigenvalue weighted by Gasteiger charge is 2.13. The van der Waals surface area contributed by atoms with Crippen molar-refractivity contribution < 1.29 is 14.1 Å². The van der Waals surface area contributed by atoms with E-state index in [9.17, 15) is 4.79 Å². The quantitative estimate of drug-likeness (QED) is 0.321. The summed E-state index contributed by atoms with van der Waals surface area (Å²) >= 11 is 0. The van der Waals surface area contributed by atoms with Gasteiger partial charge in [-0.1, -0.05) is 19.0 Å². The molecule has 158 valence electrons. The van der Waals surface area contributed by atoms with Crippen LogP contribution in [0.25, 0.3) is 0 Å². The smallest absolute Gasteiger partial charge is 0.251 e. The van der Waals surface area contributed by atoms with Crippen LogP contribution >= 0.6 is 0 Å². The number of carbonyl (C=O) groups excluding carboxylic acids is 1. The van der Waals surface area contributed by atoms with Gasteiger partial charge in [0.1, 0.15) is 11.5 Å². The number of aryl methyl sites for hydroxylation is 2. The van der Waals surface area contributed by atoms with Crippen molar-refractivity contribution in [2.75, 3.05) is 26.7 Å². The molecule has 1 aromatic carbocycles. The first-order valence-electron chi connectivity index (χ1n) is 10.0.